The molecule has 0 bridgehead atoms. The number of hydrogen-bond donors (Lipinski definition) is 2. The average Bonchev–Trinajstić information content (AvgIpc) is 2.93. The van der Waals surface area contributed by atoms with Crippen molar-refractivity contribution >= 4 is 17.8 Å². The molecule has 21 heavy (non-hydrogen) atoms. The van der Waals surface area contributed by atoms with Gasteiger partial charge in [-0.3, -0.25) is 14.5 Å². The van der Waals surface area contributed by atoms with Crippen LogP contribution in [0.1, 0.15) is 20.3 Å². The van der Waals surface area contributed by atoms with Crippen LogP contribution in [-0.2, 0) is 14.3 Å². The first-order chi connectivity index (χ1) is 9.80. The van der Waals surface area contributed by atoms with Crippen LogP contribution in [0, 0.1) is 0 Å². The highest BCUT2D eigenvalue weighted by molar-refractivity contribution is 6.08. The summed E-state index contributed by atoms with van der Waals surface area (Å²) in [6, 6.07) is -0.905. The Hall–Kier alpha value is -1.67. The van der Waals surface area contributed by atoms with Crippen molar-refractivity contribution in [3.63, 3.8) is 0 Å². The van der Waals surface area contributed by atoms with E-state index in [9.17, 15) is 19.5 Å². The maximum Gasteiger partial charge on any atom is 0.325 e. The average molecular weight is 299 g/mol. The van der Waals surface area contributed by atoms with E-state index in [1.54, 1.807) is 21.0 Å². The highest BCUT2D eigenvalue weighted by atomic mass is 16.5. The highest BCUT2D eigenvalue weighted by Crippen LogP contribution is 2.21. The number of urea groups is 1. The van der Waals surface area contributed by atoms with Crippen LogP contribution in [0.3, 0.4) is 0 Å². The summed E-state index contributed by atoms with van der Waals surface area (Å²) in [7, 11) is 1.55. The quantitative estimate of drug-likeness (QED) is 0.644. The SMILES string of the molecule is CO[C@@H]1C[C@@H](CO)N(C(=O)CN2C(=O)NC(C)(C)C2=O)C1. The zero-order valence-electron chi connectivity index (χ0n) is 12.5. The summed E-state index contributed by atoms with van der Waals surface area (Å²) in [4.78, 5) is 38.5. The number of aliphatic hydroxyl groups excluding tert-OH is 1. The molecule has 2 rings (SSSR count). The molecule has 2 fully saturated rings. The lowest BCUT2D eigenvalue weighted by molar-refractivity contribution is -0.139. The molecule has 0 unspecified atom stereocenters. The van der Waals surface area contributed by atoms with Gasteiger partial charge in [-0.15, -0.1) is 0 Å². The minimum absolute atomic E-state index is 0.134. The number of amides is 4. The number of nitrogens with one attached hydrogen (secondary N) is 1. The van der Waals surface area contributed by atoms with Crippen LogP contribution >= 0.6 is 0 Å². The lowest BCUT2D eigenvalue weighted by atomic mass is 10.1. The lowest BCUT2D eigenvalue weighted by Crippen LogP contribution is -2.46. The van der Waals surface area contributed by atoms with Crippen molar-refractivity contribution in [2.24, 2.45) is 0 Å². The topological polar surface area (TPSA) is 99.2 Å². The van der Waals surface area contributed by atoms with Crippen molar-refractivity contribution in [1.29, 1.82) is 0 Å². The summed E-state index contributed by atoms with van der Waals surface area (Å²) < 4.78 is 5.20. The lowest BCUT2D eigenvalue weighted by Gasteiger charge is -2.25. The third kappa shape index (κ3) is 2.86. The minimum Gasteiger partial charge on any atom is -0.394 e. The van der Waals surface area contributed by atoms with E-state index in [2.05, 4.69) is 5.32 Å². The third-order valence-electron chi connectivity index (χ3n) is 3.98. The molecule has 118 valence electrons. The standard InChI is InChI=1S/C13H21N3O5/c1-13(2)11(19)16(12(20)14-13)6-10(18)15-5-9(21-3)4-8(15)7-17/h8-9,17H,4-7H2,1-3H3,(H,14,20)/t8-,9+/m0/s1. The van der Waals surface area contributed by atoms with Crippen LogP contribution in [0.15, 0.2) is 0 Å². The molecule has 2 atom stereocenters. The van der Waals surface area contributed by atoms with E-state index < -0.39 is 17.5 Å². The van der Waals surface area contributed by atoms with Crippen molar-refractivity contribution in [3.8, 4) is 0 Å². The van der Waals surface area contributed by atoms with Crippen LogP contribution in [0.4, 0.5) is 4.79 Å². The highest BCUT2D eigenvalue weighted by Gasteiger charge is 2.46. The van der Waals surface area contributed by atoms with Gasteiger partial charge >= 0.3 is 6.03 Å². The predicted molar refractivity (Wildman–Crippen MR) is 72.3 cm³/mol. The van der Waals surface area contributed by atoms with Crippen LogP contribution in [0.5, 0.6) is 0 Å². The number of likely N-dealkylation sites (tertiary alicyclic amines) is 1. The molecule has 2 N–H and O–H groups in total. The Bertz CT molecular complexity index is 465. The summed E-state index contributed by atoms with van der Waals surface area (Å²) >= 11 is 0. The molecule has 0 aromatic heterocycles. The van der Waals surface area contributed by atoms with E-state index in [1.165, 1.54) is 4.90 Å². The molecule has 4 amide bonds. The second kappa shape index (κ2) is 5.61. The predicted octanol–water partition coefficient (Wildman–Crippen LogP) is -1.07. The Morgan fingerprint density at radius 1 is 1.48 bits per heavy atom. The summed E-state index contributed by atoms with van der Waals surface area (Å²) in [5, 5.41) is 11.9. The summed E-state index contributed by atoms with van der Waals surface area (Å²) in [6.45, 7) is 3.04. The van der Waals surface area contributed by atoms with E-state index >= 15 is 0 Å². The number of rotatable bonds is 4. The smallest absolute Gasteiger partial charge is 0.325 e. The van der Waals surface area contributed by atoms with Crippen LogP contribution in [-0.4, -0.2) is 77.2 Å². The number of nitrogens with zero attached hydrogens (tertiary/aromatic N) is 2. The van der Waals surface area contributed by atoms with E-state index in [-0.39, 0.29) is 31.2 Å². The fourth-order valence-electron chi connectivity index (χ4n) is 2.71. The van der Waals surface area contributed by atoms with Gasteiger partial charge in [0.05, 0.1) is 18.8 Å². The summed E-state index contributed by atoms with van der Waals surface area (Å²) in [5.74, 6) is -0.793. The fourth-order valence-corrected chi connectivity index (χ4v) is 2.71. The van der Waals surface area contributed by atoms with E-state index in [0.29, 0.717) is 13.0 Å². The van der Waals surface area contributed by atoms with Gasteiger partial charge in [0, 0.05) is 13.7 Å². The molecule has 0 aliphatic carbocycles. The van der Waals surface area contributed by atoms with Gasteiger partial charge in [-0.2, -0.15) is 0 Å². The second-order valence-electron chi connectivity index (χ2n) is 5.92. The number of hydrogen-bond acceptors (Lipinski definition) is 5. The number of ether oxygens (including phenoxy) is 1. The number of carbonyl (C=O) groups is 3. The van der Waals surface area contributed by atoms with Crippen molar-refractivity contribution in [2.75, 3.05) is 26.8 Å². The van der Waals surface area contributed by atoms with Crippen molar-refractivity contribution < 1.29 is 24.2 Å². The molecule has 0 aromatic carbocycles. The van der Waals surface area contributed by atoms with E-state index in [4.69, 9.17) is 4.74 Å². The molecule has 0 saturated carbocycles. The van der Waals surface area contributed by atoms with Crippen LogP contribution in [0.25, 0.3) is 0 Å². The summed E-state index contributed by atoms with van der Waals surface area (Å²) in [6.07, 6.45) is 0.412. The molecule has 2 aliphatic rings. The molecular weight excluding hydrogens is 278 g/mol. The second-order valence-corrected chi connectivity index (χ2v) is 5.92. The molecule has 0 aromatic rings. The molecular formula is C13H21N3O5. The van der Waals surface area contributed by atoms with Gasteiger partial charge in [0.1, 0.15) is 12.1 Å². The van der Waals surface area contributed by atoms with Gasteiger partial charge in [-0.1, -0.05) is 0 Å². The maximum atomic E-state index is 12.3. The van der Waals surface area contributed by atoms with Crippen LogP contribution < -0.4 is 5.32 Å². The van der Waals surface area contributed by atoms with E-state index in [1.807, 2.05) is 0 Å². The van der Waals surface area contributed by atoms with Gasteiger partial charge in [0.25, 0.3) is 5.91 Å². The number of carbonyl (C=O) groups excluding carboxylic acids is 3. The monoisotopic (exact) mass is 299 g/mol. The molecule has 0 radical (unpaired) electrons. The van der Waals surface area contributed by atoms with Gasteiger partial charge in [0.2, 0.25) is 5.91 Å². The first-order valence-electron chi connectivity index (χ1n) is 6.87. The number of imide groups is 1. The van der Waals surface area contributed by atoms with Gasteiger partial charge < -0.3 is 20.1 Å². The normalized spacial score (nSPS) is 28.2. The number of methoxy groups -OCH3 is 1. The van der Waals surface area contributed by atoms with E-state index in [0.717, 1.165) is 4.90 Å². The molecule has 2 aliphatic heterocycles. The molecule has 8 nitrogen and oxygen atoms in total. The summed E-state index contributed by atoms with van der Waals surface area (Å²) in [5.41, 5.74) is -0.992. The third-order valence-corrected chi connectivity index (χ3v) is 3.98. The maximum absolute atomic E-state index is 12.3. The largest absolute Gasteiger partial charge is 0.394 e. The first kappa shape index (κ1) is 15.7. The van der Waals surface area contributed by atoms with Gasteiger partial charge in [-0.05, 0) is 20.3 Å². The molecule has 0 spiro atoms. The Morgan fingerprint density at radius 2 is 2.14 bits per heavy atom. The number of aliphatic hydroxyl groups is 1. The zero-order valence-corrected chi connectivity index (χ0v) is 12.5. The first-order valence-corrected chi connectivity index (χ1v) is 6.87. The van der Waals surface area contributed by atoms with Crippen molar-refractivity contribution in [2.45, 2.75) is 38.0 Å². The Morgan fingerprint density at radius 3 is 2.62 bits per heavy atom. The Kier molecular flexibility index (Phi) is 4.20. The Labute approximate surface area is 123 Å². The molecule has 2 saturated heterocycles. The minimum atomic E-state index is -0.992. The van der Waals surface area contributed by atoms with Gasteiger partial charge in [-0.25, -0.2) is 4.79 Å². The van der Waals surface area contributed by atoms with Gasteiger partial charge in [0.15, 0.2) is 0 Å². The van der Waals surface area contributed by atoms with Crippen molar-refractivity contribution in [1.82, 2.24) is 15.1 Å². The zero-order chi connectivity index (χ0) is 15.8. The molecule has 2 heterocycles. The molecule has 8 heteroatoms. The Balaban J connectivity index is 2.05. The van der Waals surface area contributed by atoms with Crippen LogP contribution in [0.2, 0.25) is 0 Å². The fraction of sp³-hybridized carbons (Fsp3) is 0.769. The van der Waals surface area contributed by atoms with Crippen molar-refractivity contribution in [3.05, 3.63) is 0 Å².